The summed E-state index contributed by atoms with van der Waals surface area (Å²) in [7, 11) is 0. The minimum absolute atomic E-state index is 0.900. The average Bonchev–Trinajstić information content (AvgIpc) is 2.62. The first-order valence-electron chi connectivity index (χ1n) is 3.97. The number of aromatic nitrogens is 2. The second-order valence-electron chi connectivity index (χ2n) is 2.90. The summed E-state index contributed by atoms with van der Waals surface area (Å²) in [4.78, 5) is 4.30. The topological polar surface area (TPSA) is 20.6 Å². The Morgan fingerprint density at radius 3 is 3.42 bits per heavy atom. The number of hydrogen-bond donors (Lipinski definition) is 0. The quantitative estimate of drug-likeness (QED) is 0.509. The van der Waals surface area contributed by atoms with Crippen LogP contribution in [0.3, 0.4) is 0 Å². The van der Waals surface area contributed by atoms with Crippen molar-refractivity contribution in [3.8, 4) is 0 Å². The van der Waals surface area contributed by atoms with E-state index < -0.39 is 0 Å². The van der Waals surface area contributed by atoms with E-state index in [-0.39, 0.29) is 0 Å². The van der Waals surface area contributed by atoms with Gasteiger partial charge in [-0.25, -0.2) is 8.97 Å². The highest BCUT2D eigenvalue weighted by molar-refractivity contribution is 5.71. The lowest BCUT2D eigenvalue weighted by Gasteiger charge is -1.83. The van der Waals surface area contributed by atoms with E-state index in [1.165, 1.54) is 5.52 Å². The predicted octanol–water partition coefficient (Wildman–Crippen LogP) is 0.943. The monoisotopic (exact) mass is 158 g/mol. The van der Waals surface area contributed by atoms with E-state index in [9.17, 15) is 0 Å². The molecule has 12 heavy (non-hydrogen) atoms. The van der Waals surface area contributed by atoms with Crippen LogP contribution in [0.15, 0.2) is 35.7 Å². The van der Waals surface area contributed by atoms with Crippen molar-refractivity contribution in [2.45, 2.75) is 6.54 Å². The minimum Gasteiger partial charge on any atom is -0.233 e. The Hall–Kier alpha value is -1.64. The van der Waals surface area contributed by atoms with Gasteiger partial charge in [0.1, 0.15) is 12.8 Å². The Balaban J connectivity index is 2.51. The van der Waals surface area contributed by atoms with E-state index in [1.54, 1.807) is 0 Å². The molecule has 2 aromatic rings. The van der Waals surface area contributed by atoms with Crippen LogP contribution in [0.1, 0.15) is 0 Å². The lowest BCUT2D eigenvalue weighted by molar-refractivity contribution is -0.662. The Labute approximate surface area is 69.6 Å². The van der Waals surface area contributed by atoms with Gasteiger partial charge in [0, 0.05) is 0 Å². The average molecular weight is 158 g/mol. The van der Waals surface area contributed by atoms with Gasteiger partial charge in [-0.15, -0.1) is 4.99 Å². The molecule has 0 unspecified atom stereocenters. The van der Waals surface area contributed by atoms with Gasteiger partial charge in [0.05, 0.1) is 6.20 Å². The van der Waals surface area contributed by atoms with Crippen molar-refractivity contribution in [2.75, 3.05) is 0 Å². The Morgan fingerprint density at radius 1 is 1.42 bits per heavy atom. The number of imidazole rings is 1. The molecule has 0 spiro atoms. The number of rotatable bonds is 0. The fourth-order valence-corrected chi connectivity index (χ4v) is 1.59. The predicted molar refractivity (Wildman–Crippen MR) is 45.7 cm³/mol. The first-order chi connectivity index (χ1) is 5.95. The Morgan fingerprint density at radius 2 is 2.42 bits per heavy atom. The van der Waals surface area contributed by atoms with Crippen molar-refractivity contribution in [3.05, 3.63) is 30.7 Å². The molecule has 0 radical (unpaired) electrons. The fraction of sp³-hybridized carbons (Fsp3) is 0.111. The van der Waals surface area contributed by atoms with E-state index in [4.69, 9.17) is 0 Å². The molecule has 0 saturated carbocycles. The third-order valence-corrected chi connectivity index (χ3v) is 2.15. The van der Waals surface area contributed by atoms with E-state index in [0.717, 1.165) is 12.4 Å². The SMILES string of the molecule is C1=Nc2c3ccccn3c[n+]2C1. The third-order valence-electron chi connectivity index (χ3n) is 2.15. The molecule has 1 aliphatic heterocycles. The summed E-state index contributed by atoms with van der Waals surface area (Å²) < 4.78 is 4.22. The molecular weight excluding hydrogens is 150 g/mol. The molecule has 0 fully saturated rings. The van der Waals surface area contributed by atoms with Gasteiger partial charge >= 0.3 is 5.82 Å². The first kappa shape index (κ1) is 5.94. The highest BCUT2D eigenvalue weighted by Crippen LogP contribution is 2.17. The van der Waals surface area contributed by atoms with Crippen molar-refractivity contribution >= 4 is 17.5 Å². The Kier molecular flexibility index (Phi) is 0.961. The molecule has 0 bridgehead atoms. The molecule has 3 heteroatoms. The normalized spacial score (nSPS) is 14.0. The molecule has 3 heterocycles. The van der Waals surface area contributed by atoms with Gasteiger partial charge in [0.25, 0.3) is 0 Å². The molecule has 0 amide bonds. The number of nitrogens with zero attached hydrogens (tertiary/aromatic N) is 3. The summed E-state index contributed by atoms with van der Waals surface area (Å²) in [6.07, 6.45) is 6.04. The molecule has 0 N–H and O–H groups in total. The molecule has 0 atom stereocenters. The number of pyridine rings is 1. The number of fused-ring (bicyclic) bond motifs is 3. The van der Waals surface area contributed by atoms with Gasteiger partial charge in [0.15, 0.2) is 11.8 Å². The molecule has 58 valence electrons. The number of hydrogen-bond acceptors (Lipinski definition) is 1. The molecule has 3 nitrogen and oxygen atoms in total. The standard InChI is InChI=1S/C9H8N3/c1-2-5-11-7-12-6-4-10-9(12)8(11)3-1/h1-5,7H,6H2/q+1. The molecule has 0 aliphatic carbocycles. The second-order valence-corrected chi connectivity index (χ2v) is 2.90. The van der Waals surface area contributed by atoms with Crippen LogP contribution in [0.4, 0.5) is 5.82 Å². The second kappa shape index (κ2) is 1.94. The maximum absolute atomic E-state index is 4.30. The largest absolute Gasteiger partial charge is 0.302 e. The van der Waals surface area contributed by atoms with Crippen molar-refractivity contribution in [2.24, 2.45) is 4.99 Å². The molecule has 0 saturated heterocycles. The van der Waals surface area contributed by atoms with Crippen molar-refractivity contribution in [1.29, 1.82) is 0 Å². The van der Waals surface area contributed by atoms with Gasteiger partial charge in [-0.1, -0.05) is 6.07 Å². The van der Waals surface area contributed by atoms with Crippen LogP contribution in [0.5, 0.6) is 0 Å². The van der Waals surface area contributed by atoms with Crippen LogP contribution in [-0.2, 0) is 6.54 Å². The molecule has 2 aromatic heterocycles. The molecule has 0 aromatic carbocycles. The van der Waals surface area contributed by atoms with Crippen LogP contribution in [0, 0.1) is 0 Å². The van der Waals surface area contributed by atoms with E-state index in [2.05, 4.69) is 26.4 Å². The molecule has 3 rings (SSSR count). The highest BCUT2D eigenvalue weighted by Gasteiger charge is 2.18. The minimum atomic E-state index is 0.900. The first-order valence-corrected chi connectivity index (χ1v) is 3.97. The number of aliphatic imine (C=N–C) groups is 1. The van der Waals surface area contributed by atoms with Crippen LogP contribution in [0.25, 0.3) is 5.52 Å². The van der Waals surface area contributed by atoms with E-state index in [0.29, 0.717) is 0 Å². The molecular formula is C9H8N3+. The lowest BCUT2D eigenvalue weighted by Crippen LogP contribution is -2.28. The van der Waals surface area contributed by atoms with Gasteiger partial charge < -0.3 is 0 Å². The van der Waals surface area contributed by atoms with Gasteiger partial charge in [-0.3, -0.25) is 0 Å². The summed E-state index contributed by atoms with van der Waals surface area (Å²) in [5, 5.41) is 0. The van der Waals surface area contributed by atoms with Crippen molar-refractivity contribution in [1.82, 2.24) is 4.40 Å². The highest BCUT2D eigenvalue weighted by atomic mass is 15.2. The van der Waals surface area contributed by atoms with Crippen molar-refractivity contribution < 1.29 is 4.57 Å². The van der Waals surface area contributed by atoms with Crippen LogP contribution in [0.2, 0.25) is 0 Å². The van der Waals surface area contributed by atoms with Crippen LogP contribution < -0.4 is 4.57 Å². The summed E-state index contributed by atoms with van der Waals surface area (Å²) >= 11 is 0. The van der Waals surface area contributed by atoms with Gasteiger partial charge in [0.2, 0.25) is 0 Å². The van der Waals surface area contributed by atoms with E-state index >= 15 is 0 Å². The zero-order valence-electron chi connectivity index (χ0n) is 6.51. The van der Waals surface area contributed by atoms with E-state index in [1.807, 2.05) is 24.5 Å². The fourth-order valence-electron chi connectivity index (χ4n) is 1.59. The van der Waals surface area contributed by atoms with Crippen molar-refractivity contribution in [3.63, 3.8) is 0 Å². The summed E-state index contributed by atoms with van der Waals surface area (Å²) in [6, 6.07) is 6.13. The third kappa shape index (κ3) is 0.605. The summed E-state index contributed by atoms with van der Waals surface area (Å²) in [6.45, 7) is 0.900. The summed E-state index contributed by atoms with van der Waals surface area (Å²) in [5.74, 6) is 1.07. The smallest absolute Gasteiger partial charge is 0.233 e. The van der Waals surface area contributed by atoms with Gasteiger partial charge in [-0.05, 0) is 12.1 Å². The lowest BCUT2D eigenvalue weighted by atomic mass is 10.4. The van der Waals surface area contributed by atoms with Crippen LogP contribution >= 0.6 is 0 Å². The maximum Gasteiger partial charge on any atom is 0.302 e. The van der Waals surface area contributed by atoms with Crippen LogP contribution in [-0.4, -0.2) is 10.6 Å². The molecule has 1 aliphatic rings. The maximum atomic E-state index is 4.30. The zero-order chi connectivity index (χ0) is 7.97. The Bertz CT molecular complexity index is 468. The van der Waals surface area contributed by atoms with Gasteiger partial charge in [-0.2, -0.15) is 0 Å². The summed E-state index contributed by atoms with van der Waals surface area (Å²) in [5.41, 5.74) is 1.17. The zero-order valence-corrected chi connectivity index (χ0v) is 6.51.